The molecule has 0 amide bonds. The van der Waals surface area contributed by atoms with Crippen LogP contribution in [0, 0.1) is 17.2 Å². The quantitative estimate of drug-likeness (QED) is 0.491. The highest BCUT2D eigenvalue weighted by molar-refractivity contribution is 7.85. The highest BCUT2D eigenvalue weighted by atomic mass is 32.2. The molecule has 3 aromatic rings. The fourth-order valence-corrected chi connectivity index (χ4v) is 6.38. The Kier molecular flexibility index (Phi) is 7.48. The zero-order chi connectivity index (χ0) is 24.3. The van der Waals surface area contributed by atoms with E-state index in [2.05, 4.69) is 18.1 Å². The third-order valence-electron chi connectivity index (χ3n) is 7.08. The van der Waals surface area contributed by atoms with Crippen LogP contribution in [0.2, 0.25) is 0 Å². The van der Waals surface area contributed by atoms with Crippen molar-refractivity contribution in [3.8, 4) is 5.69 Å². The van der Waals surface area contributed by atoms with Gasteiger partial charge in [0.1, 0.15) is 5.82 Å². The van der Waals surface area contributed by atoms with Crippen LogP contribution in [0.15, 0.2) is 71.3 Å². The molecule has 4 unspecified atom stereocenters. The second kappa shape index (κ2) is 10.4. The summed E-state index contributed by atoms with van der Waals surface area (Å²) >= 11 is 0. The minimum atomic E-state index is -0.783. The van der Waals surface area contributed by atoms with E-state index in [0.29, 0.717) is 5.92 Å². The van der Waals surface area contributed by atoms with Crippen molar-refractivity contribution in [3.05, 3.63) is 83.4 Å². The van der Waals surface area contributed by atoms with Crippen LogP contribution in [0.1, 0.15) is 51.3 Å². The first-order valence-electron chi connectivity index (χ1n) is 12.0. The first-order valence-corrected chi connectivity index (χ1v) is 13.3. The van der Waals surface area contributed by atoms with E-state index in [-0.39, 0.29) is 17.3 Å². The third kappa shape index (κ3) is 4.93. The Morgan fingerprint density at radius 3 is 2.56 bits per heavy atom. The van der Waals surface area contributed by atoms with Crippen molar-refractivity contribution >= 4 is 16.9 Å². The lowest BCUT2D eigenvalue weighted by molar-refractivity contribution is 0.0708. The number of halogens is 1. The number of rotatable bonds is 5. The molecule has 4 nitrogen and oxygen atoms in total. The Morgan fingerprint density at radius 2 is 1.91 bits per heavy atom. The molecule has 4 atom stereocenters. The largest absolute Gasteiger partial charge is 0.393 e. The zero-order valence-electron chi connectivity index (χ0n) is 20.1. The fourth-order valence-electron chi connectivity index (χ4n) is 5.31. The highest BCUT2D eigenvalue weighted by Gasteiger charge is 2.47. The molecule has 2 aliphatic carbocycles. The monoisotopic (exact) mass is 480 g/mol. The SMILES string of the molecule is CC(O)C1CCC2=Cc3c(cnn3-c3ccc(F)cc3)CC21C.CCCS(=O)c1ccccc1. The molecule has 5 rings (SSSR count). The van der Waals surface area contributed by atoms with Crippen molar-refractivity contribution in [2.45, 2.75) is 57.5 Å². The molecular formula is C28H33FN2O2S. The first kappa shape index (κ1) is 24.6. The van der Waals surface area contributed by atoms with Gasteiger partial charge < -0.3 is 5.11 Å². The number of aromatic nitrogens is 2. The van der Waals surface area contributed by atoms with Gasteiger partial charge in [-0.05, 0) is 92.0 Å². The van der Waals surface area contributed by atoms with Crippen molar-refractivity contribution in [3.63, 3.8) is 0 Å². The fraction of sp³-hybridized carbons (Fsp3) is 0.393. The van der Waals surface area contributed by atoms with Crippen molar-refractivity contribution in [1.82, 2.24) is 9.78 Å². The Balaban J connectivity index is 0.000000210. The van der Waals surface area contributed by atoms with Gasteiger partial charge in [0.25, 0.3) is 0 Å². The van der Waals surface area contributed by atoms with Gasteiger partial charge in [0.15, 0.2) is 0 Å². The maximum absolute atomic E-state index is 13.1. The second-order valence-electron chi connectivity index (χ2n) is 9.46. The van der Waals surface area contributed by atoms with Crippen molar-refractivity contribution in [2.75, 3.05) is 5.75 Å². The summed E-state index contributed by atoms with van der Waals surface area (Å²) in [5, 5.41) is 14.6. The van der Waals surface area contributed by atoms with E-state index in [1.54, 1.807) is 12.1 Å². The van der Waals surface area contributed by atoms with E-state index < -0.39 is 10.8 Å². The van der Waals surface area contributed by atoms with E-state index in [9.17, 15) is 13.7 Å². The summed E-state index contributed by atoms with van der Waals surface area (Å²) in [4.78, 5) is 0.939. The summed E-state index contributed by atoms with van der Waals surface area (Å²) < 4.78 is 26.4. The molecule has 1 heterocycles. The molecule has 1 fully saturated rings. The summed E-state index contributed by atoms with van der Waals surface area (Å²) in [5.41, 5.74) is 4.60. The number of benzene rings is 2. The minimum absolute atomic E-state index is 0.0256. The molecule has 0 radical (unpaired) electrons. The topological polar surface area (TPSA) is 55.1 Å². The Morgan fingerprint density at radius 1 is 1.21 bits per heavy atom. The van der Waals surface area contributed by atoms with Gasteiger partial charge in [0, 0.05) is 10.6 Å². The normalized spacial score (nSPS) is 22.6. The van der Waals surface area contributed by atoms with Crippen molar-refractivity contribution in [2.24, 2.45) is 11.3 Å². The van der Waals surface area contributed by atoms with Gasteiger partial charge in [-0.1, -0.05) is 37.6 Å². The van der Waals surface area contributed by atoms with Crippen LogP contribution in [0.25, 0.3) is 11.8 Å². The maximum atomic E-state index is 13.1. The van der Waals surface area contributed by atoms with E-state index in [1.165, 1.54) is 23.3 Å². The summed E-state index contributed by atoms with van der Waals surface area (Å²) in [6.07, 6.45) is 7.80. The number of aliphatic hydroxyl groups excluding tert-OH is 1. The Hall–Kier alpha value is -2.57. The van der Waals surface area contributed by atoms with E-state index in [4.69, 9.17) is 0 Å². The first-order chi connectivity index (χ1) is 16.3. The summed E-state index contributed by atoms with van der Waals surface area (Å²) in [6.45, 7) is 6.21. The van der Waals surface area contributed by atoms with Crippen LogP contribution in [0.5, 0.6) is 0 Å². The molecule has 2 aliphatic rings. The van der Waals surface area contributed by atoms with Gasteiger partial charge in [-0.15, -0.1) is 0 Å². The molecule has 6 heteroatoms. The molecule has 34 heavy (non-hydrogen) atoms. The van der Waals surface area contributed by atoms with Gasteiger partial charge in [-0.25, -0.2) is 9.07 Å². The second-order valence-corrected chi connectivity index (χ2v) is 11.0. The number of allylic oxidation sites excluding steroid dienone is 1. The van der Waals surface area contributed by atoms with Crippen LogP contribution in [-0.4, -0.2) is 31.0 Å². The summed E-state index contributed by atoms with van der Waals surface area (Å²) in [5.74, 6) is 0.830. The average molecular weight is 481 g/mol. The van der Waals surface area contributed by atoms with Gasteiger partial charge >= 0.3 is 0 Å². The van der Waals surface area contributed by atoms with Crippen LogP contribution in [0.3, 0.4) is 0 Å². The van der Waals surface area contributed by atoms with Gasteiger partial charge in [0.2, 0.25) is 0 Å². The van der Waals surface area contributed by atoms with Crippen LogP contribution >= 0.6 is 0 Å². The minimum Gasteiger partial charge on any atom is -0.393 e. The molecule has 1 N–H and O–H groups in total. The summed E-state index contributed by atoms with van der Waals surface area (Å²) in [6, 6.07) is 16.0. The lowest BCUT2D eigenvalue weighted by Crippen LogP contribution is -2.34. The van der Waals surface area contributed by atoms with Crippen molar-refractivity contribution < 1.29 is 13.7 Å². The molecule has 1 saturated carbocycles. The molecule has 2 aromatic carbocycles. The molecule has 0 spiro atoms. The van der Waals surface area contributed by atoms with Gasteiger partial charge in [-0.3, -0.25) is 4.21 Å². The third-order valence-corrected chi connectivity index (χ3v) is 8.66. The van der Waals surface area contributed by atoms with Crippen LogP contribution in [-0.2, 0) is 17.2 Å². The molecule has 1 aromatic heterocycles. The molecule has 0 bridgehead atoms. The molecule has 180 valence electrons. The number of nitrogens with zero attached hydrogens (tertiary/aromatic N) is 2. The van der Waals surface area contributed by atoms with Gasteiger partial charge in [0.05, 0.1) is 34.5 Å². The highest BCUT2D eigenvalue weighted by Crippen LogP contribution is 2.54. The lowest BCUT2D eigenvalue weighted by atomic mass is 9.68. The Labute approximate surface area is 204 Å². The number of hydrogen-bond acceptors (Lipinski definition) is 3. The van der Waals surface area contributed by atoms with Crippen LogP contribution in [0.4, 0.5) is 4.39 Å². The Bertz CT molecular complexity index is 1170. The van der Waals surface area contributed by atoms with E-state index in [0.717, 1.165) is 47.7 Å². The van der Waals surface area contributed by atoms with E-state index >= 15 is 0 Å². The maximum Gasteiger partial charge on any atom is 0.123 e. The van der Waals surface area contributed by atoms with E-state index in [1.807, 2.05) is 55.1 Å². The predicted octanol–water partition coefficient (Wildman–Crippen LogP) is 5.95. The number of hydrogen-bond donors (Lipinski definition) is 1. The molecule has 0 aliphatic heterocycles. The molecular weight excluding hydrogens is 447 g/mol. The zero-order valence-corrected chi connectivity index (χ0v) is 20.9. The van der Waals surface area contributed by atoms with Crippen molar-refractivity contribution in [1.29, 1.82) is 0 Å². The van der Waals surface area contributed by atoms with Crippen LogP contribution < -0.4 is 0 Å². The summed E-state index contributed by atoms with van der Waals surface area (Å²) in [7, 11) is -0.783. The predicted molar refractivity (Wildman–Crippen MR) is 136 cm³/mol. The smallest absolute Gasteiger partial charge is 0.123 e. The number of aliphatic hydroxyl groups is 1. The van der Waals surface area contributed by atoms with Gasteiger partial charge in [-0.2, -0.15) is 5.10 Å². The number of fused-ring (bicyclic) bond motifs is 2. The standard InChI is InChI=1S/C19H21FN2O.C9H12OS/c1-12(23)17-8-3-14-9-18-13(10-19(14,17)2)11-21-22(18)16-6-4-15(20)5-7-16;1-2-8-11(10)9-6-4-3-5-7-9/h4-7,9,11-12,17,23H,3,8,10H2,1-2H3;3-7H,2,8H2,1H3. The molecule has 0 saturated heterocycles. The average Bonchev–Trinajstić information content (AvgIpc) is 3.38. The lowest BCUT2D eigenvalue weighted by Gasteiger charge is -2.37.